The molecule has 0 unspecified atom stereocenters. The molecule has 110 valence electrons. The first-order valence-corrected chi connectivity index (χ1v) is 7.58. The van der Waals surface area contributed by atoms with Crippen LogP contribution in [0.15, 0.2) is 42.5 Å². The minimum atomic E-state index is 0.0881. The van der Waals surface area contributed by atoms with Crippen molar-refractivity contribution in [2.45, 2.75) is 33.6 Å². The Morgan fingerprint density at radius 2 is 1.67 bits per heavy atom. The van der Waals surface area contributed by atoms with Crippen LogP contribution in [0.2, 0.25) is 0 Å². The van der Waals surface area contributed by atoms with Crippen LogP contribution in [0.3, 0.4) is 0 Å². The Labute approximate surface area is 126 Å². The molecule has 0 aromatic heterocycles. The molecule has 0 radical (unpaired) electrons. The zero-order chi connectivity index (χ0) is 15.2. The molecule has 0 bridgehead atoms. The van der Waals surface area contributed by atoms with Crippen molar-refractivity contribution in [1.82, 2.24) is 0 Å². The molecule has 2 aromatic carbocycles. The number of ether oxygens (including phenoxy) is 1. The van der Waals surface area contributed by atoms with Crippen LogP contribution in [0.5, 0.6) is 5.75 Å². The maximum Gasteiger partial charge on any atom is 0.193 e. The van der Waals surface area contributed by atoms with Crippen molar-refractivity contribution in [3.8, 4) is 5.75 Å². The Bertz CT molecular complexity index is 612. The second-order valence-electron chi connectivity index (χ2n) is 4.99. The Hall–Kier alpha value is -2.09. The molecule has 0 amide bonds. The average molecular weight is 282 g/mol. The van der Waals surface area contributed by atoms with Gasteiger partial charge >= 0.3 is 0 Å². The number of benzene rings is 2. The van der Waals surface area contributed by atoms with Gasteiger partial charge in [0.05, 0.1) is 6.61 Å². The summed E-state index contributed by atoms with van der Waals surface area (Å²) in [6, 6.07) is 13.6. The summed E-state index contributed by atoms with van der Waals surface area (Å²) < 4.78 is 5.42. The molecule has 0 heterocycles. The topological polar surface area (TPSA) is 26.3 Å². The lowest BCUT2D eigenvalue weighted by atomic mass is 9.94. The maximum atomic E-state index is 12.7. The minimum Gasteiger partial charge on any atom is -0.494 e. The van der Waals surface area contributed by atoms with Crippen LogP contribution in [0.25, 0.3) is 0 Å². The Kier molecular flexibility index (Phi) is 5.15. The number of carbonyl (C=O) groups is 1. The van der Waals surface area contributed by atoms with Gasteiger partial charge in [0, 0.05) is 11.1 Å². The van der Waals surface area contributed by atoms with Gasteiger partial charge in [-0.1, -0.05) is 26.0 Å². The lowest BCUT2D eigenvalue weighted by Gasteiger charge is -2.10. The number of aryl methyl sites for hydroxylation is 2. The summed E-state index contributed by atoms with van der Waals surface area (Å²) in [5, 5.41) is 0. The normalized spacial score (nSPS) is 10.4. The van der Waals surface area contributed by atoms with Gasteiger partial charge in [-0.3, -0.25) is 4.79 Å². The van der Waals surface area contributed by atoms with Crippen molar-refractivity contribution in [3.63, 3.8) is 0 Å². The highest BCUT2D eigenvalue weighted by Crippen LogP contribution is 2.20. The number of carbonyl (C=O) groups excluding carboxylic acids is 1. The van der Waals surface area contributed by atoms with E-state index in [0.717, 1.165) is 29.7 Å². The second-order valence-corrected chi connectivity index (χ2v) is 4.99. The van der Waals surface area contributed by atoms with Gasteiger partial charge in [-0.15, -0.1) is 0 Å². The quantitative estimate of drug-likeness (QED) is 0.732. The molecular formula is C19H22O2. The van der Waals surface area contributed by atoms with E-state index < -0.39 is 0 Å². The zero-order valence-corrected chi connectivity index (χ0v) is 13.0. The van der Waals surface area contributed by atoms with Crippen LogP contribution in [-0.4, -0.2) is 12.4 Å². The van der Waals surface area contributed by atoms with Crippen LogP contribution >= 0.6 is 0 Å². The molecule has 2 rings (SSSR count). The molecule has 2 nitrogen and oxygen atoms in total. The molecule has 0 N–H and O–H groups in total. The van der Waals surface area contributed by atoms with Crippen molar-refractivity contribution in [2.75, 3.05) is 6.61 Å². The molecule has 0 aliphatic carbocycles. The summed E-state index contributed by atoms with van der Waals surface area (Å²) in [6.45, 7) is 6.76. The van der Waals surface area contributed by atoms with E-state index in [1.54, 1.807) is 0 Å². The lowest BCUT2D eigenvalue weighted by molar-refractivity contribution is 0.103. The fourth-order valence-corrected chi connectivity index (χ4v) is 2.39. The van der Waals surface area contributed by atoms with Crippen LogP contribution in [0.4, 0.5) is 0 Å². The molecule has 21 heavy (non-hydrogen) atoms. The molecule has 0 aliphatic heterocycles. The van der Waals surface area contributed by atoms with Gasteiger partial charge in [-0.05, 0) is 61.2 Å². The summed E-state index contributed by atoms with van der Waals surface area (Å²) in [5.74, 6) is 0.886. The predicted octanol–water partition coefficient (Wildman–Crippen LogP) is 4.44. The van der Waals surface area contributed by atoms with Gasteiger partial charge in [0.2, 0.25) is 0 Å². The number of hydrogen-bond donors (Lipinski definition) is 0. The van der Waals surface area contributed by atoms with Crippen molar-refractivity contribution >= 4 is 5.78 Å². The van der Waals surface area contributed by atoms with Crippen molar-refractivity contribution in [3.05, 3.63) is 64.7 Å². The average Bonchev–Trinajstić information content (AvgIpc) is 2.54. The van der Waals surface area contributed by atoms with Crippen molar-refractivity contribution in [2.24, 2.45) is 0 Å². The van der Waals surface area contributed by atoms with Crippen LogP contribution in [-0.2, 0) is 12.8 Å². The van der Waals surface area contributed by atoms with Crippen molar-refractivity contribution < 1.29 is 9.53 Å². The Balaban J connectivity index is 2.34. The maximum absolute atomic E-state index is 12.7. The van der Waals surface area contributed by atoms with Crippen LogP contribution in [0, 0.1) is 0 Å². The monoisotopic (exact) mass is 282 g/mol. The predicted molar refractivity (Wildman–Crippen MR) is 86.2 cm³/mol. The zero-order valence-electron chi connectivity index (χ0n) is 13.0. The summed E-state index contributed by atoms with van der Waals surface area (Å²) >= 11 is 0. The van der Waals surface area contributed by atoms with Gasteiger partial charge in [-0.25, -0.2) is 0 Å². The number of ketones is 1. The first-order valence-electron chi connectivity index (χ1n) is 7.58. The summed E-state index contributed by atoms with van der Waals surface area (Å²) in [4.78, 5) is 12.7. The number of rotatable bonds is 6. The SMILES string of the molecule is CCOc1ccc(C(=O)c2cc(CC)ccc2CC)cc1. The molecular weight excluding hydrogens is 260 g/mol. The first kappa shape index (κ1) is 15.3. The van der Waals surface area contributed by atoms with E-state index in [4.69, 9.17) is 4.74 Å². The van der Waals surface area contributed by atoms with Gasteiger partial charge in [0.15, 0.2) is 5.78 Å². The standard InChI is InChI=1S/C19H22O2/c1-4-14-7-8-15(5-2)18(13-14)19(20)16-9-11-17(12-10-16)21-6-3/h7-13H,4-6H2,1-3H3. The second kappa shape index (κ2) is 7.07. The highest BCUT2D eigenvalue weighted by atomic mass is 16.5. The minimum absolute atomic E-state index is 0.0881. The molecule has 0 saturated heterocycles. The summed E-state index contributed by atoms with van der Waals surface area (Å²) in [6.07, 6.45) is 1.80. The third-order valence-corrected chi connectivity index (χ3v) is 3.64. The molecule has 0 saturated carbocycles. The van der Waals surface area contributed by atoms with Gasteiger partial charge in [-0.2, -0.15) is 0 Å². The summed E-state index contributed by atoms with van der Waals surface area (Å²) in [5.41, 5.74) is 3.83. The van der Waals surface area contributed by atoms with Crippen LogP contribution in [0.1, 0.15) is 47.8 Å². The number of hydrogen-bond acceptors (Lipinski definition) is 2. The van der Waals surface area contributed by atoms with E-state index in [-0.39, 0.29) is 5.78 Å². The van der Waals surface area contributed by atoms with Crippen molar-refractivity contribution in [1.29, 1.82) is 0 Å². The molecule has 0 aliphatic rings. The molecule has 0 fully saturated rings. The third-order valence-electron chi connectivity index (χ3n) is 3.64. The molecule has 2 heteroatoms. The molecule has 0 atom stereocenters. The van der Waals surface area contributed by atoms with E-state index in [2.05, 4.69) is 26.0 Å². The Morgan fingerprint density at radius 3 is 2.24 bits per heavy atom. The lowest BCUT2D eigenvalue weighted by Crippen LogP contribution is -2.06. The fraction of sp³-hybridized carbons (Fsp3) is 0.316. The van der Waals surface area contributed by atoms with E-state index in [1.165, 1.54) is 5.56 Å². The summed E-state index contributed by atoms with van der Waals surface area (Å²) in [7, 11) is 0. The molecule has 2 aromatic rings. The van der Waals surface area contributed by atoms with E-state index in [9.17, 15) is 4.79 Å². The third kappa shape index (κ3) is 3.52. The largest absolute Gasteiger partial charge is 0.494 e. The molecule has 0 spiro atoms. The van der Waals surface area contributed by atoms with E-state index >= 15 is 0 Å². The van der Waals surface area contributed by atoms with Crippen LogP contribution < -0.4 is 4.74 Å². The van der Waals surface area contributed by atoms with Gasteiger partial charge in [0.1, 0.15) is 5.75 Å². The highest BCUT2D eigenvalue weighted by Gasteiger charge is 2.13. The first-order chi connectivity index (χ1) is 10.2. The fourth-order valence-electron chi connectivity index (χ4n) is 2.39. The Morgan fingerprint density at radius 1 is 0.952 bits per heavy atom. The van der Waals surface area contributed by atoms with E-state index in [1.807, 2.05) is 37.3 Å². The van der Waals surface area contributed by atoms with Gasteiger partial charge < -0.3 is 4.74 Å². The van der Waals surface area contributed by atoms with Gasteiger partial charge in [0.25, 0.3) is 0 Å². The highest BCUT2D eigenvalue weighted by molar-refractivity contribution is 6.10. The smallest absolute Gasteiger partial charge is 0.193 e. The van der Waals surface area contributed by atoms with E-state index in [0.29, 0.717) is 12.2 Å².